The third-order valence-electron chi connectivity index (χ3n) is 3.84. The number of nitrogens with two attached hydrogens (primary N) is 1. The van der Waals surface area contributed by atoms with Crippen LogP contribution >= 0.6 is 15.9 Å². The van der Waals surface area contributed by atoms with Gasteiger partial charge in [-0.2, -0.15) is 0 Å². The SMILES string of the molecule is CCCCCC(C)(C)CNC(=O)c1cc(Br)cc(N)c1C. The number of nitrogen functional groups attached to an aromatic ring is 1. The standard InChI is InChI=1S/C17H27BrN2O/c1-5-6-7-8-17(3,4)11-20-16(21)14-9-13(18)10-15(19)12(14)2/h9-10H,5-8,11,19H2,1-4H3,(H,20,21). The highest BCUT2D eigenvalue weighted by atomic mass is 79.9. The lowest BCUT2D eigenvalue weighted by Crippen LogP contribution is -2.34. The van der Waals surface area contributed by atoms with Crippen molar-refractivity contribution in [2.75, 3.05) is 12.3 Å². The Labute approximate surface area is 136 Å². The third kappa shape index (κ3) is 5.70. The van der Waals surface area contributed by atoms with Crippen LogP contribution in [-0.4, -0.2) is 12.5 Å². The van der Waals surface area contributed by atoms with Crippen molar-refractivity contribution in [3.63, 3.8) is 0 Å². The quantitative estimate of drug-likeness (QED) is 0.551. The van der Waals surface area contributed by atoms with Crippen molar-refractivity contribution in [1.29, 1.82) is 0 Å². The maximum absolute atomic E-state index is 12.4. The van der Waals surface area contributed by atoms with E-state index in [9.17, 15) is 4.79 Å². The van der Waals surface area contributed by atoms with E-state index in [1.165, 1.54) is 19.3 Å². The number of hydrogen-bond donors (Lipinski definition) is 2. The van der Waals surface area contributed by atoms with E-state index < -0.39 is 0 Å². The summed E-state index contributed by atoms with van der Waals surface area (Å²) in [7, 11) is 0. The summed E-state index contributed by atoms with van der Waals surface area (Å²) in [6.07, 6.45) is 4.81. The van der Waals surface area contributed by atoms with Crippen LogP contribution in [0.1, 0.15) is 62.4 Å². The second-order valence-electron chi connectivity index (χ2n) is 6.47. The predicted molar refractivity (Wildman–Crippen MR) is 93.5 cm³/mol. The molecule has 0 aliphatic rings. The van der Waals surface area contributed by atoms with Gasteiger partial charge >= 0.3 is 0 Å². The van der Waals surface area contributed by atoms with Crippen LogP contribution < -0.4 is 11.1 Å². The van der Waals surface area contributed by atoms with Gasteiger partial charge in [0.2, 0.25) is 0 Å². The summed E-state index contributed by atoms with van der Waals surface area (Å²) in [5.41, 5.74) is 8.15. The molecule has 1 amide bonds. The zero-order valence-electron chi connectivity index (χ0n) is 13.6. The molecule has 3 nitrogen and oxygen atoms in total. The highest BCUT2D eigenvalue weighted by molar-refractivity contribution is 9.10. The topological polar surface area (TPSA) is 55.1 Å². The molecule has 0 radical (unpaired) electrons. The molecule has 1 aromatic rings. The van der Waals surface area contributed by atoms with Gasteiger partial charge in [0.05, 0.1) is 0 Å². The normalized spacial score (nSPS) is 11.5. The molecule has 0 spiro atoms. The first-order chi connectivity index (χ1) is 9.76. The van der Waals surface area contributed by atoms with E-state index in [4.69, 9.17) is 5.73 Å². The predicted octanol–water partition coefficient (Wildman–Crippen LogP) is 4.68. The Hall–Kier alpha value is -1.03. The summed E-state index contributed by atoms with van der Waals surface area (Å²) in [4.78, 5) is 12.4. The molecule has 0 unspecified atom stereocenters. The Morgan fingerprint density at radius 1 is 1.33 bits per heavy atom. The Balaban J connectivity index is 2.66. The van der Waals surface area contributed by atoms with Gasteiger partial charge in [-0.15, -0.1) is 0 Å². The molecule has 4 heteroatoms. The molecular weight excluding hydrogens is 328 g/mol. The summed E-state index contributed by atoms with van der Waals surface area (Å²) in [5.74, 6) is -0.0518. The molecule has 1 rings (SSSR count). The first kappa shape index (κ1) is 18.0. The third-order valence-corrected chi connectivity index (χ3v) is 4.30. The number of nitrogens with one attached hydrogen (secondary N) is 1. The molecule has 0 heterocycles. The minimum absolute atomic E-state index is 0.0518. The molecule has 0 saturated heterocycles. The number of benzene rings is 1. The monoisotopic (exact) mass is 354 g/mol. The van der Waals surface area contributed by atoms with Crippen LogP contribution in [0.2, 0.25) is 0 Å². The second kappa shape index (κ2) is 7.83. The molecule has 118 valence electrons. The smallest absolute Gasteiger partial charge is 0.251 e. The summed E-state index contributed by atoms with van der Waals surface area (Å²) >= 11 is 3.39. The van der Waals surface area contributed by atoms with E-state index in [0.29, 0.717) is 17.8 Å². The van der Waals surface area contributed by atoms with Crippen molar-refractivity contribution in [3.8, 4) is 0 Å². The molecule has 0 fully saturated rings. The highest BCUT2D eigenvalue weighted by Gasteiger charge is 2.20. The van der Waals surface area contributed by atoms with Crippen LogP contribution in [-0.2, 0) is 0 Å². The Bertz CT molecular complexity index is 498. The number of halogens is 1. The molecule has 21 heavy (non-hydrogen) atoms. The Morgan fingerprint density at radius 3 is 2.62 bits per heavy atom. The zero-order valence-corrected chi connectivity index (χ0v) is 15.1. The number of carbonyl (C=O) groups excluding carboxylic acids is 1. The lowest BCUT2D eigenvalue weighted by Gasteiger charge is -2.25. The lowest BCUT2D eigenvalue weighted by atomic mass is 9.86. The van der Waals surface area contributed by atoms with Crippen molar-refractivity contribution in [2.45, 2.75) is 53.4 Å². The zero-order chi connectivity index (χ0) is 16.0. The molecule has 0 aromatic heterocycles. The van der Waals surface area contributed by atoms with E-state index >= 15 is 0 Å². The van der Waals surface area contributed by atoms with Gasteiger partial charge in [0.1, 0.15) is 0 Å². The van der Waals surface area contributed by atoms with Gasteiger partial charge in [0, 0.05) is 22.3 Å². The van der Waals surface area contributed by atoms with Crippen molar-refractivity contribution in [3.05, 3.63) is 27.7 Å². The fraction of sp³-hybridized carbons (Fsp3) is 0.588. The highest BCUT2D eigenvalue weighted by Crippen LogP contribution is 2.25. The first-order valence-corrected chi connectivity index (χ1v) is 8.40. The average Bonchev–Trinajstić information content (AvgIpc) is 2.40. The van der Waals surface area contributed by atoms with Crippen molar-refractivity contribution in [1.82, 2.24) is 5.32 Å². The van der Waals surface area contributed by atoms with Gasteiger partial charge in [-0.05, 0) is 36.5 Å². The molecule has 0 saturated carbocycles. The second-order valence-corrected chi connectivity index (χ2v) is 7.39. The number of rotatable bonds is 7. The van der Waals surface area contributed by atoms with E-state index in [0.717, 1.165) is 16.5 Å². The maximum atomic E-state index is 12.4. The van der Waals surface area contributed by atoms with Gasteiger partial charge in [-0.3, -0.25) is 4.79 Å². The van der Waals surface area contributed by atoms with Crippen LogP contribution in [0.15, 0.2) is 16.6 Å². The van der Waals surface area contributed by atoms with E-state index in [1.54, 1.807) is 0 Å². The van der Waals surface area contributed by atoms with Crippen molar-refractivity contribution < 1.29 is 4.79 Å². The van der Waals surface area contributed by atoms with Crippen molar-refractivity contribution >= 4 is 27.5 Å². The fourth-order valence-electron chi connectivity index (χ4n) is 2.29. The molecule has 1 aromatic carbocycles. The summed E-state index contributed by atoms with van der Waals surface area (Å²) in [5, 5.41) is 3.05. The van der Waals surface area contributed by atoms with Gasteiger partial charge in [-0.25, -0.2) is 0 Å². The summed E-state index contributed by atoms with van der Waals surface area (Å²) in [6, 6.07) is 3.64. The number of anilines is 1. The van der Waals surface area contributed by atoms with Crippen LogP contribution in [0.25, 0.3) is 0 Å². The number of carbonyl (C=O) groups is 1. The van der Waals surface area contributed by atoms with Gasteiger partial charge in [-0.1, -0.05) is 56.0 Å². The number of hydrogen-bond acceptors (Lipinski definition) is 2. The molecule has 0 atom stereocenters. The first-order valence-electron chi connectivity index (χ1n) is 7.60. The fourth-order valence-corrected chi connectivity index (χ4v) is 2.77. The van der Waals surface area contributed by atoms with Crippen LogP contribution in [0.4, 0.5) is 5.69 Å². The molecular formula is C17H27BrN2O. The van der Waals surface area contributed by atoms with Crippen molar-refractivity contribution in [2.24, 2.45) is 5.41 Å². The molecule has 0 aliphatic carbocycles. The molecule has 0 bridgehead atoms. The number of amides is 1. The van der Waals surface area contributed by atoms with E-state index in [2.05, 4.69) is 42.0 Å². The Kier molecular flexibility index (Phi) is 6.72. The summed E-state index contributed by atoms with van der Waals surface area (Å²) in [6.45, 7) is 9.16. The minimum Gasteiger partial charge on any atom is -0.398 e. The van der Waals surface area contributed by atoms with E-state index in [-0.39, 0.29) is 11.3 Å². The average molecular weight is 355 g/mol. The van der Waals surface area contributed by atoms with E-state index in [1.807, 2.05) is 19.1 Å². The lowest BCUT2D eigenvalue weighted by molar-refractivity contribution is 0.0933. The largest absolute Gasteiger partial charge is 0.398 e. The van der Waals surface area contributed by atoms with Crippen LogP contribution in [0.3, 0.4) is 0 Å². The molecule has 3 N–H and O–H groups in total. The molecule has 0 aliphatic heterocycles. The Morgan fingerprint density at radius 2 is 2.00 bits per heavy atom. The van der Waals surface area contributed by atoms with Crippen LogP contribution in [0.5, 0.6) is 0 Å². The maximum Gasteiger partial charge on any atom is 0.251 e. The van der Waals surface area contributed by atoms with Gasteiger partial charge < -0.3 is 11.1 Å². The van der Waals surface area contributed by atoms with Gasteiger partial charge in [0.25, 0.3) is 5.91 Å². The van der Waals surface area contributed by atoms with Crippen LogP contribution in [0, 0.1) is 12.3 Å². The minimum atomic E-state index is -0.0518. The van der Waals surface area contributed by atoms with Gasteiger partial charge in [0.15, 0.2) is 0 Å². The number of unbranched alkanes of at least 4 members (excludes halogenated alkanes) is 2. The summed E-state index contributed by atoms with van der Waals surface area (Å²) < 4.78 is 0.831.